The van der Waals surface area contributed by atoms with Crippen molar-refractivity contribution in [2.45, 2.75) is 33.6 Å². The van der Waals surface area contributed by atoms with Gasteiger partial charge in [0.2, 0.25) is 5.78 Å². The van der Waals surface area contributed by atoms with E-state index in [2.05, 4.69) is 4.98 Å². The van der Waals surface area contributed by atoms with Crippen LogP contribution in [0, 0.1) is 20.8 Å². The van der Waals surface area contributed by atoms with Crippen LogP contribution in [0.25, 0.3) is 5.78 Å². The molecule has 19 heavy (non-hydrogen) atoms. The molecule has 0 fully saturated rings. The van der Waals surface area contributed by atoms with Crippen LogP contribution in [0.1, 0.15) is 29.1 Å². The summed E-state index contributed by atoms with van der Waals surface area (Å²) in [4.78, 5) is 27.5. The summed E-state index contributed by atoms with van der Waals surface area (Å²) in [5, 5.41) is 8.74. The number of imidazole rings is 1. The van der Waals surface area contributed by atoms with Crippen molar-refractivity contribution in [3.05, 3.63) is 33.0 Å². The molecule has 0 aliphatic rings. The first-order valence-corrected chi connectivity index (χ1v) is 6.10. The monoisotopic (exact) mass is 263 g/mol. The number of carbonyl (C=O) groups is 1. The smallest absolute Gasteiger partial charge is 0.303 e. The van der Waals surface area contributed by atoms with E-state index < -0.39 is 5.97 Å². The number of aliphatic carboxylic acids is 1. The van der Waals surface area contributed by atoms with Gasteiger partial charge in [-0.05, 0) is 27.2 Å². The quantitative estimate of drug-likeness (QED) is 0.895. The van der Waals surface area contributed by atoms with E-state index in [1.807, 2.05) is 25.5 Å². The van der Waals surface area contributed by atoms with Gasteiger partial charge in [-0.15, -0.1) is 0 Å². The number of hydrogen-bond donors (Lipinski definition) is 1. The zero-order chi connectivity index (χ0) is 14.3. The lowest BCUT2D eigenvalue weighted by Gasteiger charge is -2.05. The number of nitrogens with zero attached hydrogens (tertiary/aromatic N) is 3. The Morgan fingerprint density at radius 1 is 1.26 bits per heavy atom. The molecule has 0 aromatic carbocycles. The number of aromatic nitrogens is 3. The van der Waals surface area contributed by atoms with E-state index in [1.165, 1.54) is 0 Å². The molecule has 1 N–H and O–H groups in total. The minimum absolute atomic E-state index is 0.0608. The predicted molar refractivity (Wildman–Crippen MR) is 70.6 cm³/mol. The fourth-order valence-corrected chi connectivity index (χ4v) is 2.25. The third-order valence-electron chi connectivity index (χ3n) is 3.62. The van der Waals surface area contributed by atoms with E-state index in [9.17, 15) is 9.59 Å². The molecule has 2 rings (SSSR count). The number of hydrogen-bond acceptors (Lipinski definition) is 3. The van der Waals surface area contributed by atoms with Crippen molar-refractivity contribution in [2.24, 2.45) is 7.05 Å². The van der Waals surface area contributed by atoms with E-state index in [-0.39, 0.29) is 18.4 Å². The summed E-state index contributed by atoms with van der Waals surface area (Å²) < 4.78 is 3.42. The molecule has 0 aliphatic carbocycles. The lowest BCUT2D eigenvalue weighted by molar-refractivity contribution is -0.136. The Morgan fingerprint density at radius 2 is 1.89 bits per heavy atom. The first-order valence-electron chi connectivity index (χ1n) is 6.10. The zero-order valence-electron chi connectivity index (χ0n) is 11.5. The molecular formula is C13H17N3O3. The summed E-state index contributed by atoms with van der Waals surface area (Å²) in [6.45, 7) is 5.54. The number of aryl methyl sites for hydroxylation is 3. The number of carboxylic acids is 1. The van der Waals surface area contributed by atoms with E-state index >= 15 is 0 Å². The van der Waals surface area contributed by atoms with Crippen LogP contribution in [0.5, 0.6) is 0 Å². The highest BCUT2D eigenvalue weighted by molar-refractivity contribution is 5.67. The Labute approximate surface area is 110 Å². The zero-order valence-corrected chi connectivity index (χ0v) is 11.5. The molecule has 102 valence electrons. The highest BCUT2D eigenvalue weighted by Gasteiger charge is 2.16. The largest absolute Gasteiger partial charge is 0.481 e. The lowest BCUT2D eigenvalue weighted by Crippen LogP contribution is -2.23. The minimum Gasteiger partial charge on any atom is -0.481 e. The van der Waals surface area contributed by atoms with Crippen molar-refractivity contribution >= 4 is 11.7 Å². The highest BCUT2D eigenvalue weighted by atomic mass is 16.4. The standard InChI is InChI=1S/C13H17N3O3/c1-7-10(5-6-11(17)18)12(19)16-9(3)8(2)15(4)13(16)14-7/h5-6H2,1-4H3,(H,17,18). The van der Waals surface area contributed by atoms with E-state index in [1.54, 1.807) is 11.3 Å². The summed E-state index contributed by atoms with van der Waals surface area (Å²) in [6, 6.07) is 0. The van der Waals surface area contributed by atoms with Gasteiger partial charge in [0.25, 0.3) is 5.56 Å². The molecule has 2 heterocycles. The second kappa shape index (κ2) is 4.53. The van der Waals surface area contributed by atoms with Crippen LogP contribution in [-0.4, -0.2) is 25.0 Å². The first-order chi connectivity index (χ1) is 8.84. The molecule has 0 radical (unpaired) electrons. The molecular weight excluding hydrogens is 246 g/mol. The van der Waals surface area contributed by atoms with Crippen LogP contribution in [-0.2, 0) is 18.3 Å². The van der Waals surface area contributed by atoms with Gasteiger partial charge in [-0.1, -0.05) is 0 Å². The molecule has 0 unspecified atom stereocenters. The van der Waals surface area contributed by atoms with Crippen molar-refractivity contribution in [1.29, 1.82) is 0 Å². The van der Waals surface area contributed by atoms with Crippen molar-refractivity contribution in [1.82, 2.24) is 14.0 Å². The summed E-state index contributed by atoms with van der Waals surface area (Å²) in [5.41, 5.74) is 2.73. The van der Waals surface area contributed by atoms with Crippen molar-refractivity contribution < 1.29 is 9.90 Å². The molecule has 6 heteroatoms. The van der Waals surface area contributed by atoms with E-state index in [4.69, 9.17) is 5.11 Å². The van der Waals surface area contributed by atoms with Gasteiger partial charge in [-0.3, -0.25) is 9.59 Å². The topological polar surface area (TPSA) is 76.6 Å². The van der Waals surface area contributed by atoms with Crippen molar-refractivity contribution in [2.75, 3.05) is 0 Å². The molecule has 6 nitrogen and oxygen atoms in total. The number of carboxylic acid groups (broad SMARTS) is 1. The summed E-state index contributed by atoms with van der Waals surface area (Å²) in [6.07, 6.45) is 0.151. The number of fused-ring (bicyclic) bond motifs is 1. The second-order valence-electron chi connectivity index (χ2n) is 4.74. The third-order valence-corrected chi connectivity index (χ3v) is 3.62. The maximum atomic E-state index is 12.5. The van der Waals surface area contributed by atoms with Gasteiger partial charge in [0, 0.05) is 36.1 Å². The normalized spacial score (nSPS) is 11.2. The Kier molecular flexibility index (Phi) is 3.18. The maximum absolute atomic E-state index is 12.5. The average molecular weight is 263 g/mol. The van der Waals surface area contributed by atoms with Gasteiger partial charge < -0.3 is 9.67 Å². The second-order valence-corrected chi connectivity index (χ2v) is 4.74. The molecule has 0 atom stereocenters. The first kappa shape index (κ1) is 13.3. The minimum atomic E-state index is -0.912. The molecule has 0 amide bonds. The Bertz CT molecular complexity index is 725. The van der Waals surface area contributed by atoms with Crippen LogP contribution in [0.3, 0.4) is 0 Å². The van der Waals surface area contributed by atoms with Gasteiger partial charge in [0.1, 0.15) is 0 Å². The average Bonchev–Trinajstić information content (AvgIpc) is 2.54. The summed E-state index contributed by atoms with van der Waals surface area (Å²) >= 11 is 0. The number of rotatable bonds is 3. The molecule has 0 saturated heterocycles. The molecule has 2 aromatic heterocycles. The van der Waals surface area contributed by atoms with E-state index in [0.717, 1.165) is 11.4 Å². The van der Waals surface area contributed by atoms with Crippen LogP contribution in [0.2, 0.25) is 0 Å². The maximum Gasteiger partial charge on any atom is 0.303 e. The van der Waals surface area contributed by atoms with Gasteiger partial charge >= 0.3 is 5.97 Å². The predicted octanol–water partition coefficient (Wildman–Crippen LogP) is 0.975. The van der Waals surface area contributed by atoms with Gasteiger partial charge in [-0.25, -0.2) is 9.38 Å². The Balaban J connectivity index is 2.71. The van der Waals surface area contributed by atoms with Gasteiger partial charge in [0.15, 0.2) is 0 Å². The summed E-state index contributed by atoms with van der Waals surface area (Å²) in [7, 11) is 1.86. The fourth-order valence-electron chi connectivity index (χ4n) is 2.25. The molecule has 2 aromatic rings. The van der Waals surface area contributed by atoms with Gasteiger partial charge in [-0.2, -0.15) is 0 Å². The summed E-state index contributed by atoms with van der Waals surface area (Å²) in [5.74, 6) is -0.318. The lowest BCUT2D eigenvalue weighted by atomic mass is 10.1. The molecule has 0 saturated carbocycles. The molecule has 0 bridgehead atoms. The van der Waals surface area contributed by atoms with Crippen LogP contribution in [0.4, 0.5) is 0 Å². The highest BCUT2D eigenvalue weighted by Crippen LogP contribution is 2.13. The van der Waals surface area contributed by atoms with Crippen LogP contribution < -0.4 is 5.56 Å². The SMILES string of the molecule is Cc1nc2n(C)c(C)c(C)n2c(=O)c1CCC(=O)O. The van der Waals surface area contributed by atoms with Gasteiger partial charge in [0.05, 0.1) is 0 Å². The molecule has 0 aliphatic heterocycles. The van der Waals surface area contributed by atoms with Crippen molar-refractivity contribution in [3.63, 3.8) is 0 Å². The fraction of sp³-hybridized carbons (Fsp3) is 0.462. The Morgan fingerprint density at radius 3 is 2.47 bits per heavy atom. The van der Waals surface area contributed by atoms with Crippen LogP contribution >= 0.6 is 0 Å². The third kappa shape index (κ3) is 2.03. The van der Waals surface area contributed by atoms with Crippen LogP contribution in [0.15, 0.2) is 4.79 Å². The van der Waals surface area contributed by atoms with Crippen molar-refractivity contribution in [3.8, 4) is 0 Å². The molecule has 0 spiro atoms. The van der Waals surface area contributed by atoms with E-state index in [0.29, 0.717) is 17.0 Å². The Hall–Kier alpha value is -2.11.